The first-order chi connectivity index (χ1) is 8.66. The smallest absolute Gasteiger partial charge is 0.0480 e. The topological polar surface area (TPSA) is 0 Å². The third kappa shape index (κ3) is 8.64. The monoisotopic (exact) mass is 294 g/mol. The molecular formula is C17H34Si2. The molecule has 0 N–H and O–H groups in total. The van der Waals surface area contributed by atoms with E-state index < -0.39 is 16.1 Å². The summed E-state index contributed by atoms with van der Waals surface area (Å²) in [6, 6.07) is 2.69. The van der Waals surface area contributed by atoms with Crippen molar-refractivity contribution in [3.63, 3.8) is 0 Å². The van der Waals surface area contributed by atoms with Crippen LogP contribution in [0.2, 0.25) is 51.4 Å². The molecule has 0 spiro atoms. The molecule has 1 fully saturated rings. The van der Waals surface area contributed by atoms with Crippen molar-refractivity contribution in [1.29, 1.82) is 0 Å². The Balaban J connectivity index is 2.30. The molecule has 19 heavy (non-hydrogen) atoms. The molecule has 0 nitrogen and oxygen atoms in total. The molecule has 1 aliphatic carbocycles. The van der Waals surface area contributed by atoms with Crippen LogP contribution in [-0.2, 0) is 0 Å². The Morgan fingerprint density at radius 3 is 1.42 bits per heavy atom. The van der Waals surface area contributed by atoms with Crippen molar-refractivity contribution < 1.29 is 0 Å². The molecule has 0 heterocycles. The zero-order chi connectivity index (χ0) is 14.5. The second-order valence-electron chi connectivity index (χ2n) is 8.72. The van der Waals surface area contributed by atoms with Gasteiger partial charge in [0.25, 0.3) is 0 Å². The molecule has 2 heteroatoms. The van der Waals surface area contributed by atoms with Gasteiger partial charge in [-0.05, 0) is 43.2 Å². The fraction of sp³-hybridized carbons (Fsp3) is 0.765. The number of allylic oxidation sites excluding steroid dienone is 4. The predicted molar refractivity (Wildman–Crippen MR) is 95.4 cm³/mol. The maximum atomic E-state index is 2.52. The van der Waals surface area contributed by atoms with E-state index in [1.807, 2.05) is 0 Å². The van der Waals surface area contributed by atoms with Gasteiger partial charge in [0.1, 0.15) is 0 Å². The average Bonchev–Trinajstić information content (AvgIpc) is 2.62. The van der Waals surface area contributed by atoms with Crippen LogP contribution in [0.1, 0.15) is 19.3 Å². The first-order valence-electron chi connectivity index (χ1n) is 7.99. The van der Waals surface area contributed by atoms with Crippen molar-refractivity contribution in [3.05, 3.63) is 24.3 Å². The number of rotatable bonds is 6. The minimum Gasteiger partial charge on any atom is -0.0909 e. The molecule has 0 aromatic carbocycles. The Bertz CT molecular complexity index is 283. The standard InChI is InChI=1S/C17H34Si2/c1-18(2,3)13-7-9-16-11-12-17(15-16)10-8-14-19(4,5)6/h7-10,16-17H,11-15H2,1-6H3/b9-7+,10-8+/t16-,17-/m0/s1. The van der Waals surface area contributed by atoms with E-state index in [1.54, 1.807) is 0 Å². The summed E-state index contributed by atoms with van der Waals surface area (Å²) >= 11 is 0. The van der Waals surface area contributed by atoms with Crippen molar-refractivity contribution in [2.45, 2.75) is 70.6 Å². The van der Waals surface area contributed by atoms with E-state index in [0.717, 1.165) is 11.8 Å². The third-order valence-electron chi connectivity index (χ3n) is 3.79. The van der Waals surface area contributed by atoms with Gasteiger partial charge in [0.15, 0.2) is 0 Å². The van der Waals surface area contributed by atoms with Crippen molar-refractivity contribution in [2.75, 3.05) is 0 Å². The van der Waals surface area contributed by atoms with Crippen molar-refractivity contribution in [1.82, 2.24) is 0 Å². The van der Waals surface area contributed by atoms with E-state index >= 15 is 0 Å². The molecule has 0 radical (unpaired) electrons. The predicted octanol–water partition coefficient (Wildman–Crippen LogP) is 6.19. The molecule has 1 saturated carbocycles. The second kappa shape index (κ2) is 7.07. The first kappa shape index (κ1) is 17.0. The summed E-state index contributed by atoms with van der Waals surface area (Å²) in [6.07, 6.45) is 14.2. The van der Waals surface area contributed by atoms with Gasteiger partial charge in [-0.25, -0.2) is 0 Å². The first-order valence-corrected chi connectivity index (χ1v) is 15.4. The fourth-order valence-corrected chi connectivity index (χ4v) is 4.32. The van der Waals surface area contributed by atoms with Crippen molar-refractivity contribution in [2.24, 2.45) is 11.8 Å². The van der Waals surface area contributed by atoms with Crippen LogP contribution >= 0.6 is 0 Å². The highest BCUT2D eigenvalue weighted by atomic mass is 28.3. The molecule has 1 rings (SSSR count). The lowest BCUT2D eigenvalue weighted by Crippen LogP contribution is -2.17. The van der Waals surface area contributed by atoms with E-state index in [0.29, 0.717) is 0 Å². The summed E-state index contributed by atoms with van der Waals surface area (Å²) in [4.78, 5) is 0. The lowest BCUT2D eigenvalue weighted by molar-refractivity contribution is 0.638. The van der Waals surface area contributed by atoms with Crippen molar-refractivity contribution >= 4 is 16.1 Å². The SMILES string of the molecule is C[Si](C)(C)C/C=C/[C@H]1CC[C@H](/C=C/C[Si](C)(C)C)C1. The molecular weight excluding hydrogens is 260 g/mol. The minimum absolute atomic E-state index is 0.859. The van der Waals surface area contributed by atoms with Gasteiger partial charge in [-0.2, -0.15) is 0 Å². The van der Waals surface area contributed by atoms with Gasteiger partial charge in [-0.1, -0.05) is 63.6 Å². The van der Waals surface area contributed by atoms with E-state index in [9.17, 15) is 0 Å². The molecule has 0 amide bonds. The molecule has 0 aromatic rings. The van der Waals surface area contributed by atoms with Crippen LogP contribution in [0, 0.1) is 11.8 Å². The lowest BCUT2D eigenvalue weighted by atomic mass is 10.0. The van der Waals surface area contributed by atoms with E-state index in [1.165, 1.54) is 31.4 Å². The molecule has 0 aromatic heterocycles. The Kier molecular flexibility index (Phi) is 6.32. The molecule has 0 bridgehead atoms. The minimum atomic E-state index is -0.884. The highest BCUT2D eigenvalue weighted by molar-refractivity contribution is 6.76. The average molecular weight is 295 g/mol. The van der Waals surface area contributed by atoms with E-state index in [4.69, 9.17) is 0 Å². The van der Waals surface area contributed by atoms with Gasteiger partial charge in [0.2, 0.25) is 0 Å². The van der Waals surface area contributed by atoms with Crippen molar-refractivity contribution in [3.8, 4) is 0 Å². The van der Waals surface area contributed by atoms with Gasteiger partial charge in [-0.15, -0.1) is 0 Å². The largest absolute Gasteiger partial charge is 0.0909 e. The molecule has 2 atom stereocenters. The highest BCUT2D eigenvalue weighted by Gasteiger charge is 2.21. The number of hydrogen-bond acceptors (Lipinski definition) is 0. The molecule has 110 valence electrons. The molecule has 0 saturated heterocycles. The van der Waals surface area contributed by atoms with Crippen LogP contribution in [-0.4, -0.2) is 16.1 Å². The summed E-state index contributed by atoms with van der Waals surface area (Å²) in [7, 11) is -1.77. The van der Waals surface area contributed by atoms with Gasteiger partial charge in [0, 0.05) is 16.1 Å². The maximum absolute atomic E-state index is 2.52. The summed E-state index contributed by atoms with van der Waals surface area (Å²) < 4.78 is 0. The quantitative estimate of drug-likeness (QED) is 0.404. The third-order valence-corrected chi connectivity index (χ3v) is 6.71. The fourth-order valence-electron chi connectivity index (χ4n) is 2.63. The Morgan fingerprint density at radius 2 is 1.11 bits per heavy atom. The Labute approximate surface area is 123 Å². The van der Waals surface area contributed by atoms with Gasteiger partial charge < -0.3 is 0 Å². The summed E-state index contributed by atoms with van der Waals surface area (Å²) in [5, 5.41) is 0. The maximum Gasteiger partial charge on any atom is 0.0480 e. The molecule has 1 aliphatic rings. The van der Waals surface area contributed by atoms with Crippen LogP contribution in [0.5, 0.6) is 0 Å². The highest BCUT2D eigenvalue weighted by Crippen LogP contribution is 2.33. The Morgan fingerprint density at radius 1 is 0.737 bits per heavy atom. The van der Waals surface area contributed by atoms with E-state index in [2.05, 4.69) is 63.6 Å². The second-order valence-corrected chi connectivity index (χ2v) is 19.8. The van der Waals surface area contributed by atoms with Crippen LogP contribution < -0.4 is 0 Å². The van der Waals surface area contributed by atoms with Crippen LogP contribution in [0.4, 0.5) is 0 Å². The normalized spacial score (nSPS) is 25.8. The van der Waals surface area contributed by atoms with Crippen LogP contribution in [0.25, 0.3) is 0 Å². The summed E-state index contributed by atoms with van der Waals surface area (Å²) in [5.74, 6) is 1.72. The molecule has 0 unspecified atom stereocenters. The Hall–Kier alpha value is -0.0862. The molecule has 0 aliphatic heterocycles. The zero-order valence-electron chi connectivity index (χ0n) is 14.0. The number of hydrogen-bond donors (Lipinski definition) is 0. The summed E-state index contributed by atoms with van der Waals surface area (Å²) in [5.41, 5.74) is 0. The van der Waals surface area contributed by atoms with Crippen LogP contribution in [0.15, 0.2) is 24.3 Å². The van der Waals surface area contributed by atoms with Crippen LogP contribution in [0.3, 0.4) is 0 Å². The van der Waals surface area contributed by atoms with E-state index in [-0.39, 0.29) is 0 Å². The van der Waals surface area contributed by atoms with Gasteiger partial charge in [0.05, 0.1) is 0 Å². The zero-order valence-corrected chi connectivity index (χ0v) is 16.0. The van der Waals surface area contributed by atoms with Gasteiger partial charge >= 0.3 is 0 Å². The lowest BCUT2D eigenvalue weighted by Gasteiger charge is -2.13. The van der Waals surface area contributed by atoms with Gasteiger partial charge in [-0.3, -0.25) is 0 Å². The summed E-state index contributed by atoms with van der Waals surface area (Å²) in [6.45, 7) is 14.7.